The van der Waals surface area contributed by atoms with E-state index in [4.69, 9.17) is 0 Å². The highest BCUT2D eigenvalue weighted by molar-refractivity contribution is 14.0. The molecule has 0 spiro atoms. The summed E-state index contributed by atoms with van der Waals surface area (Å²) < 4.78 is 0. The smallest absolute Gasteiger partial charge is 0.191 e. The van der Waals surface area contributed by atoms with Crippen LogP contribution in [0.15, 0.2) is 23.0 Å². The van der Waals surface area contributed by atoms with Crippen LogP contribution in [0.3, 0.4) is 0 Å². The molecule has 0 unspecified atom stereocenters. The van der Waals surface area contributed by atoms with Gasteiger partial charge in [0.1, 0.15) is 0 Å². The first-order chi connectivity index (χ1) is 9.80. The Kier molecular flexibility index (Phi) is 13.2. The van der Waals surface area contributed by atoms with Crippen molar-refractivity contribution in [2.75, 3.05) is 25.1 Å². The highest BCUT2D eigenvalue weighted by atomic mass is 127. The maximum Gasteiger partial charge on any atom is 0.191 e. The average Bonchev–Trinajstić information content (AvgIpc) is 2.93. The molecule has 4 nitrogen and oxygen atoms in total. The van der Waals surface area contributed by atoms with Crippen molar-refractivity contribution in [1.82, 2.24) is 15.6 Å². The maximum atomic E-state index is 4.56. The molecule has 0 radical (unpaired) electrons. The molecular weight excluding hydrogens is 415 g/mol. The summed E-state index contributed by atoms with van der Waals surface area (Å²) in [5.41, 5.74) is 1.04. The Balaban J connectivity index is 0.00000400. The zero-order chi connectivity index (χ0) is 14.6. The van der Waals surface area contributed by atoms with Crippen molar-refractivity contribution >= 4 is 53.0 Å². The van der Waals surface area contributed by atoms with E-state index in [2.05, 4.69) is 45.7 Å². The molecule has 1 heterocycles. The molecule has 2 N–H and O–H groups in total. The Morgan fingerprint density at radius 2 is 2.33 bits per heavy atom. The summed E-state index contributed by atoms with van der Waals surface area (Å²) in [6.07, 6.45) is 6.07. The van der Waals surface area contributed by atoms with Gasteiger partial charge in [0.2, 0.25) is 0 Å². The van der Waals surface area contributed by atoms with Gasteiger partial charge in [-0.1, -0.05) is 13.0 Å². The summed E-state index contributed by atoms with van der Waals surface area (Å²) in [6, 6.07) is 0. The van der Waals surface area contributed by atoms with Crippen LogP contribution < -0.4 is 10.6 Å². The summed E-state index contributed by atoms with van der Waals surface area (Å²) in [7, 11) is 0. The van der Waals surface area contributed by atoms with Gasteiger partial charge in [0.25, 0.3) is 0 Å². The number of aryl methyl sites for hydroxylation is 1. The first-order valence-electron chi connectivity index (χ1n) is 6.85. The van der Waals surface area contributed by atoms with Crippen LogP contribution in [-0.2, 0) is 13.0 Å². The lowest BCUT2D eigenvalue weighted by Gasteiger charge is -2.10. The Hall–Kier alpha value is -0.280. The van der Waals surface area contributed by atoms with Gasteiger partial charge in [-0.15, -0.1) is 41.9 Å². The van der Waals surface area contributed by atoms with Gasteiger partial charge in [-0.25, -0.2) is 9.98 Å². The Morgan fingerprint density at radius 3 is 2.95 bits per heavy atom. The van der Waals surface area contributed by atoms with E-state index in [1.807, 2.05) is 17.8 Å². The number of aromatic nitrogens is 1. The van der Waals surface area contributed by atoms with E-state index >= 15 is 0 Å². The standard InChI is InChI=1S/C14H24N4S2.HI/c1-4-7-15-14(16-8-6-9-19-3)17-10-12-11-20-13(5-2)18-12;/h4,11H,1,5-10H2,2-3H3,(H2,15,16,17);1H. The predicted octanol–water partition coefficient (Wildman–Crippen LogP) is 3.30. The molecule has 0 aliphatic rings. The Morgan fingerprint density at radius 1 is 1.52 bits per heavy atom. The number of thioether (sulfide) groups is 1. The monoisotopic (exact) mass is 440 g/mol. The van der Waals surface area contributed by atoms with Crippen molar-refractivity contribution < 1.29 is 0 Å². The fraction of sp³-hybridized carbons (Fsp3) is 0.571. The van der Waals surface area contributed by atoms with Gasteiger partial charge in [0.15, 0.2) is 5.96 Å². The maximum absolute atomic E-state index is 4.56. The first kappa shape index (κ1) is 20.7. The summed E-state index contributed by atoms with van der Waals surface area (Å²) in [5, 5.41) is 9.82. The molecule has 0 fully saturated rings. The van der Waals surface area contributed by atoms with Gasteiger partial charge in [-0.05, 0) is 24.9 Å². The normalized spacial score (nSPS) is 10.9. The lowest BCUT2D eigenvalue weighted by atomic mass is 10.4. The van der Waals surface area contributed by atoms with Crippen molar-refractivity contribution in [1.29, 1.82) is 0 Å². The van der Waals surface area contributed by atoms with E-state index in [1.54, 1.807) is 11.3 Å². The summed E-state index contributed by atoms with van der Waals surface area (Å²) in [4.78, 5) is 9.08. The van der Waals surface area contributed by atoms with Crippen molar-refractivity contribution in [2.24, 2.45) is 4.99 Å². The molecular formula is C14H25IN4S2. The minimum atomic E-state index is 0. The molecule has 0 aromatic carbocycles. The number of thiazole rings is 1. The number of hydrogen-bond acceptors (Lipinski definition) is 4. The minimum Gasteiger partial charge on any atom is -0.356 e. The number of guanidine groups is 1. The van der Waals surface area contributed by atoms with Crippen molar-refractivity contribution in [3.8, 4) is 0 Å². The fourth-order valence-electron chi connectivity index (χ4n) is 1.51. The zero-order valence-electron chi connectivity index (χ0n) is 12.7. The topological polar surface area (TPSA) is 49.3 Å². The van der Waals surface area contributed by atoms with Crippen LogP contribution in [0.25, 0.3) is 0 Å². The number of rotatable bonds is 9. The van der Waals surface area contributed by atoms with Gasteiger partial charge in [-0.3, -0.25) is 0 Å². The highest BCUT2D eigenvalue weighted by Crippen LogP contribution is 2.10. The third-order valence-electron chi connectivity index (χ3n) is 2.53. The molecule has 0 aliphatic carbocycles. The van der Waals surface area contributed by atoms with E-state index < -0.39 is 0 Å². The summed E-state index contributed by atoms with van der Waals surface area (Å²) in [6.45, 7) is 8.10. The molecule has 0 saturated heterocycles. The Bertz CT molecular complexity index is 421. The number of halogens is 1. The van der Waals surface area contributed by atoms with E-state index in [1.165, 1.54) is 5.01 Å². The quantitative estimate of drug-likeness (QED) is 0.203. The fourth-order valence-corrected chi connectivity index (χ4v) is 2.68. The van der Waals surface area contributed by atoms with Crippen molar-refractivity contribution in [3.05, 3.63) is 28.7 Å². The molecule has 120 valence electrons. The molecule has 0 aliphatic heterocycles. The highest BCUT2D eigenvalue weighted by Gasteiger charge is 2.01. The predicted molar refractivity (Wildman–Crippen MR) is 107 cm³/mol. The van der Waals surface area contributed by atoms with Crippen LogP contribution in [0.4, 0.5) is 0 Å². The molecule has 0 amide bonds. The molecule has 0 bridgehead atoms. The number of aliphatic imine (C=N–C) groups is 1. The van der Waals surface area contributed by atoms with Gasteiger partial charge >= 0.3 is 0 Å². The molecule has 1 aromatic heterocycles. The van der Waals surface area contributed by atoms with Crippen molar-refractivity contribution in [3.63, 3.8) is 0 Å². The second-order valence-electron chi connectivity index (χ2n) is 4.19. The van der Waals surface area contributed by atoms with Crippen LogP contribution in [0, 0.1) is 0 Å². The van der Waals surface area contributed by atoms with Crippen LogP contribution in [0.1, 0.15) is 24.0 Å². The molecule has 1 rings (SSSR count). The number of nitrogens with one attached hydrogen (secondary N) is 2. The molecule has 1 aromatic rings. The number of hydrogen-bond donors (Lipinski definition) is 2. The molecule has 7 heteroatoms. The van der Waals surface area contributed by atoms with Gasteiger partial charge in [0, 0.05) is 18.5 Å². The molecule has 21 heavy (non-hydrogen) atoms. The zero-order valence-corrected chi connectivity index (χ0v) is 16.7. The van der Waals surface area contributed by atoms with Crippen LogP contribution in [-0.4, -0.2) is 36.0 Å². The van der Waals surface area contributed by atoms with E-state index in [-0.39, 0.29) is 24.0 Å². The van der Waals surface area contributed by atoms with E-state index in [0.29, 0.717) is 13.1 Å². The second-order valence-corrected chi connectivity index (χ2v) is 6.12. The molecule has 0 atom stereocenters. The van der Waals surface area contributed by atoms with Crippen LogP contribution >= 0.6 is 47.1 Å². The van der Waals surface area contributed by atoms with Crippen molar-refractivity contribution in [2.45, 2.75) is 26.3 Å². The number of nitrogens with zero attached hydrogens (tertiary/aromatic N) is 2. The SMILES string of the molecule is C=CCNC(=NCc1csc(CC)n1)NCCCSC.I. The largest absolute Gasteiger partial charge is 0.356 e. The average molecular weight is 440 g/mol. The van der Waals surface area contributed by atoms with Crippen LogP contribution in [0.5, 0.6) is 0 Å². The Labute approximate surface area is 153 Å². The third kappa shape index (κ3) is 9.36. The third-order valence-corrected chi connectivity index (χ3v) is 4.27. The minimum absolute atomic E-state index is 0. The first-order valence-corrected chi connectivity index (χ1v) is 9.12. The lowest BCUT2D eigenvalue weighted by Crippen LogP contribution is -2.38. The van der Waals surface area contributed by atoms with E-state index in [9.17, 15) is 0 Å². The lowest BCUT2D eigenvalue weighted by molar-refractivity contribution is 0.797. The van der Waals surface area contributed by atoms with Gasteiger partial charge in [-0.2, -0.15) is 11.8 Å². The summed E-state index contributed by atoms with van der Waals surface area (Å²) in [5.74, 6) is 1.99. The molecule has 0 saturated carbocycles. The van der Waals surface area contributed by atoms with Gasteiger partial charge < -0.3 is 10.6 Å². The van der Waals surface area contributed by atoms with Crippen LogP contribution in [0.2, 0.25) is 0 Å². The van der Waals surface area contributed by atoms with Gasteiger partial charge in [0.05, 0.1) is 17.2 Å². The second kappa shape index (κ2) is 13.4. The summed E-state index contributed by atoms with van der Waals surface area (Å²) >= 11 is 3.56. The van der Waals surface area contributed by atoms with E-state index in [0.717, 1.165) is 36.8 Å².